The molecule has 0 saturated heterocycles. The summed E-state index contributed by atoms with van der Waals surface area (Å²) in [6, 6.07) is 2.32. The maximum Gasteiger partial charge on any atom is 0.469 e. The molecule has 1 heterocycles. The van der Waals surface area contributed by atoms with Crippen LogP contribution in [0.25, 0.3) is 11.0 Å². The number of esters is 1. The van der Waals surface area contributed by atoms with E-state index in [1.54, 1.807) is 28.7 Å². The van der Waals surface area contributed by atoms with Crippen LogP contribution in [0.2, 0.25) is 0 Å². The molecule has 34 heavy (non-hydrogen) atoms. The number of imidazole rings is 1. The summed E-state index contributed by atoms with van der Waals surface area (Å²) in [5, 5.41) is 9.13. The molecular weight excluding hydrogens is 592 g/mol. The van der Waals surface area contributed by atoms with Gasteiger partial charge in [-0.15, -0.1) is 0 Å². The van der Waals surface area contributed by atoms with Gasteiger partial charge < -0.3 is 19.1 Å². The van der Waals surface area contributed by atoms with Gasteiger partial charge in [0.1, 0.15) is 17.1 Å². The average molecular weight is 614 g/mol. The average Bonchev–Trinajstić information content (AvgIpc) is 3.16. The molecule has 2 rings (SSSR count). The third-order valence-corrected chi connectivity index (χ3v) is 5.71. The number of anilines is 1. The van der Waals surface area contributed by atoms with E-state index in [1.807, 2.05) is 6.92 Å². The number of phosphoric acid groups is 1. The molecule has 0 radical (unpaired) electrons. The summed E-state index contributed by atoms with van der Waals surface area (Å²) in [5.41, 5.74) is -1.15. The van der Waals surface area contributed by atoms with Crippen molar-refractivity contribution in [1.82, 2.24) is 9.55 Å². The van der Waals surface area contributed by atoms with Crippen LogP contribution in [-0.2, 0) is 30.0 Å². The molecule has 186 valence electrons. The third kappa shape index (κ3) is 7.16. The Labute approximate surface area is 207 Å². The zero-order valence-electron chi connectivity index (χ0n) is 18.0. The lowest BCUT2D eigenvalue weighted by Gasteiger charge is -2.22. The number of aromatic nitrogens is 2. The van der Waals surface area contributed by atoms with Crippen LogP contribution in [0, 0.1) is 23.0 Å². The van der Waals surface area contributed by atoms with Gasteiger partial charge in [-0.1, -0.05) is 35.9 Å². The number of benzene rings is 1. The Hall–Kier alpha value is -2.18. The van der Waals surface area contributed by atoms with Crippen molar-refractivity contribution < 1.29 is 42.0 Å². The van der Waals surface area contributed by atoms with Gasteiger partial charge >= 0.3 is 13.8 Å². The summed E-state index contributed by atoms with van der Waals surface area (Å²) in [7, 11) is -4.66. The van der Waals surface area contributed by atoms with Gasteiger partial charge in [0.05, 0.1) is 16.6 Å². The van der Waals surface area contributed by atoms with E-state index in [9.17, 15) is 22.9 Å². The summed E-state index contributed by atoms with van der Waals surface area (Å²) in [6.07, 6.45) is 0.912. The minimum Gasteiger partial charge on any atom is -0.444 e. The maximum atomic E-state index is 15.0. The zero-order chi connectivity index (χ0) is 25.5. The van der Waals surface area contributed by atoms with Crippen LogP contribution in [-0.4, -0.2) is 49.0 Å². The molecule has 0 fully saturated rings. The van der Waals surface area contributed by atoms with Crippen molar-refractivity contribution >= 4 is 59.3 Å². The van der Waals surface area contributed by atoms with E-state index in [0.717, 1.165) is 11.0 Å². The molecular formula is C19H22F2IN4O7P. The van der Waals surface area contributed by atoms with E-state index in [0.29, 0.717) is 12.8 Å². The van der Waals surface area contributed by atoms with Crippen molar-refractivity contribution in [3.8, 4) is 6.07 Å². The lowest BCUT2D eigenvalue weighted by Crippen LogP contribution is -2.37. The lowest BCUT2D eigenvalue weighted by atomic mass is 10.2. The smallest absolute Gasteiger partial charge is 0.444 e. The fraction of sp³-hybridized carbons (Fsp3) is 0.474. The fourth-order valence-corrected chi connectivity index (χ4v) is 3.73. The van der Waals surface area contributed by atoms with Gasteiger partial charge in [0.2, 0.25) is 11.9 Å². The second-order valence-electron chi connectivity index (χ2n) is 6.97. The molecule has 0 spiro atoms. The minimum atomic E-state index is -4.66. The number of carbonyl (C=O) groups is 2. The highest BCUT2D eigenvalue weighted by molar-refractivity contribution is 14.1. The fourth-order valence-electron chi connectivity index (χ4n) is 2.95. The highest BCUT2D eigenvalue weighted by atomic mass is 127. The van der Waals surface area contributed by atoms with E-state index in [2.05, 4.69) is 9.51 Å². The summed E-state index contributed by atoms with van der Waals surface area (Å²) in [5.74, 6) is -3.39. The predicted molar refractivity (Wildman–Crippen MR) is 124 cm³/mol. The van der Waals surface area contributed by atoms with Crippen LogP contribution in [0.5, 0.6) is 0 Å². The molecule has 0 aliphatic heterocycles. The Bertz CT molecular complexity index is 1150. The van der Waals surface area contributed by atoms with E-state index >= 15 is 0 Å². The molecule has 2 N–H and O–H groups in total. The molecule has 1 aromatic carbocycles. The first-order chi connectivity index (χ1) is 16.0. The Kier molecular flexibility index (Phi) is 10.3. The zero-order valence-corrected chi connectivity index (χ0v) is 21.1. The SMILES string of the molecule is CCCCn1c(N(COC(=O)CCCOP(=O)(O)O)C(=O)CI)nc2c(F)cc(C#N)c(F)c21. The molecule has 0 atom stereocenters. The number of amides is 1. The van der Waals surface area contributed by atoms with Crippen molar-refractivity contribution in [3.05, 3.63) is 23.3 Å². The van der Waals surface area contributed by atoms with E-state index in [1.165, 1.54) is 4.57 Å². The van der Waals surface area contributed by atoms with E-state index < -0.39 is 43.6 Å². The van der Waals surface area contributed by atoms with Gasteiger partial charge in [0, 0.05) is 13.0 Å². The maximum absolute atomic E-state index is 15.0. The largest absolute Gasteiger partial charge is 0.469 e. The number of fused-ring (bicyclic) bond motifs is 1. The Morgan fingerprint density at radius 2 is 2.06 bits per heavy atom. The molecule has 0 bridgehead atoms. The van der Waals surface area contributed by atoms with Gasteiger partial charge in [0.25, 0.3) is 0 Å². The Morgan fingerprint density at radius 1 is 1.35 bits per heavy atom. The molecule has 0 saturated carbocycles. The standard InChI is InChI=1S/C19H22F2IN4O7P/c1-2-3-6-25-18-16(21)12(10-23)8-13(20)17(18)24-19(25)26(14(27)9-22)11-32-15(28)5-4-7-33-34(29,30)31/h8H,2-7,9,11H2,1H3,(H2,29,30,31). The topological polar surface area (TPSA) is 155 Å². The number of unbranched alkanes of at least 4 members (excludes halogenated alkanes) is 1. The molecule has 2 aromatic rings. The van der Waals surface area contributed by atoms with E-state index in [-0.39, 0.29) is 47.4 Å². The number of nitrogens with zero attached hydrogens (tertiary/aromatic N) is 4. The molecule has 0 aliphatic rings. The first kappa shape index (κ1) is 28.1. The minimum absolute atomic E-state index is 0.0491. The van der Waals surface area contributed by atoms with Gasteiger partial charge in [0.15, 0.2) is 18.4 Å². The summed E-state index contributed by atoms with van der Waals surface area (Å²) >= 11 is 1.78. The number of aryl methyl sites for hydroxylation is 1. The molecule has 1 amide bonds. The lowest BCUT2D eigenvalue weighted by molar-refractivity contribution is -0.144. The second kappa shape index (κ2) is 12.5. The van der Waals surface area contributed by atoms with Gasteiger partial charge in [-0.3, -0.25) is 14.1 Å². The second-order valence-corrected chi connectivity index (χ2v) is 8.98. The first-order valence-electron chi connectivity index (χ1n) is 10.0. The van der Waals surface area contributed by atoms with E-state index in [4.69, 9.17) is 19.8 Å². The summed E-state index contributed by atoms with van der Waals surface area (Å²) in [4.78, 5) is 47.0. The number of hydrogen-bond donors (Lipinski definition) is 2. The highest BCUT2D eigenvalue weighted by Gasteiger charge is 2.27. The number of nitriles is 1. The van der Waals surface area contributed by atoms with Crippen molar-refractivity contribution in [2.75, 3.05) is 22.7 Å². The normalized spacial score (nSPS) is 11.4. The number of phosphoric ester groups is 1. The number of hydrogen-bond acceptors (Lipinski definition) is 7. The van der Waals surface area contributed by atoms with Crippen molar-refractivity contribution in [1.29, 1.82) is 5.26 Å². The monoisotopic (exact) mass is 614 g/mol. The molecule has 0 aliphatic carbocycles. The Morgan fingerprint density at radius 3 is 2.65 bits per heavy atom. The van der Waals surface area contributed by atoms with Crippen LogP contribution in [0.15, 0.2) is 6.07 Å². The highest BCUT2D eigenvalue weighted by Crippen LogP contribution is 2.35. The first-order valence-corrected chi connectivity index (χ1v) is 13.1. The number of carbonyl (C=O) groups excluding carboxylic acids is 2. The van der Waals surface area contributed by atoms with Gasteiger partial charge in [-0.05, 0) is 18.9 Å². The van der Waals surface area contributed by atoms with Crippen LogP contribution in [0.3, 0.4) is 0 Å². The van der Waals surface area contributed by atoms with Gasteiger partial charge in [-0.2, -0.15) is 5.26 Å². The van der Waals surface area contributed by atoms with Crippen LogP contribution in [0.4, 0.5) is 14.7 Å². The predicted octanol–water partition coefficient (Wildman–Crippen LogP) is 3.14. The Balaban J connectivity index is 2.35. The number of halogens is 3. The van der Waals surface area contributed by atoms with Gasteiger partial charge in [-0.25, -0.2) is 23.2 Å². The van der Waals surface area contributed by atoms with Crippen LogP contribution in [0.1, 0.15) is 38.2 Å². The molecule has 0 unspecified atom stereocenters. The van der Waals surface area contributed by atoms with Crippen LogP contribution >= 0.6 is 30.4 Å². The number of ether oxygens (including phenoxy) is 1. The summed E-state index contributed by atoms with van der Waals surface area (Å²) in [6.45, 7) is 1.04. The molecule has 15 heteroatoms. The van der Waals surface area contributed by atoms with Crippen molar-refractivity contribution in [2.24, 2.45) is 0 Å². The third-order valence-electron chi connectivity index (χ3n) is 4.54. The molecule has 1 aromatic heterocycles. The number of rotatable bonds is 12. The van der Waals surface area contributed by atoms with Crippen molar-refractivity contribution in [2.45, 2.75) is 39.2 Å². The van der Waals surface area contributed by atoms with Crippen LogP contribution < -0.4 is 4.90 Å². The van der Waals surface area contributed by atoms with Crippen molar-refractivity contribution in [3.63, 3.8) is 0 Å². The molecule has 11 nitrogen and oxygen atoms in total. The summed E-state index contributed by atoms with van der Waals surface area (Å²) < 4.78 is 50.8. The quantitative estimate of drug-likeness (QED) is 0.0917. The number of alkyl halides is 1.